The van der Waals surface area contributed by atoms with Crippen molar-refractivity contribution in [3.63, 3.8) is 0 Å². The number of benzene rings is 1. The number of carbonyl (C=O) groups excluding carboxylic acids is 3. The fraction of sp³-hybridized carbons (Fsp3) is 0.400. The van der Waals surface area contributed by atoms with Crippen LogP contribution in [0.4, 0.5) is 0 Å². The zero-order valence-electron chi connectivity index (χ0n) is 13.5. The molecule has 26 heavy (non-hydrogen) atoms. The largest absolute Gasteiger partial charge is 0.454 e. The Balaban J connectivity index is 1.71. The number of hydrogen-bond donors (Lipinski definition) is 2. The van der Waals surface area contributed by atoms with E-state index in [0.717, 1.165) is 0 Å². The molecule has 0 aromatic heterocycles. The van der Waals surface area contributed by atoms with Gasteiger partial charge in [0.05, 0.1) is 22.1 Å². The van der Waals surface area contributed by atoms with Gasteiger partial charge in [-0.05, 0) is 24.6 Å². The molecule has 142 valence electrons. The summed E-state index contributed by atoms with van der Waals surface area (Å²) < 4.78 is 27.3. The smallest absolute Gasteiger partial charge is 0.325 e. The van der Waals surface area contributed by atoms with Crippen molar-refractivity contribution >= 4 is 50.8 Å². The van der Waals surface area contributed by atoms with Gasteiger partial charge in [-0.3, -0.25) is 14.4 Å². The van der Waals surface area contributed by atoms with Crippen molar-refractivity contribution in [1.29, 1.82) is 0 Å². The van der Waals surface area contributed by atoms with Gasteiger partial charge in [0, 0.05) is 11.1 Å². The summed E-state index contributed by atoms with van der Waals surface area (Å²) in [5.41, 5.74) is 0.143. The number of nitrogens with one attached hydrogen (secondary N) is 2. The fourth-order valence-electron chi connectivity index (χ4n) is 2.30. The number of sulfone groups is 1. The summed E-state index contributed by atoms with van der Waals surface area (Å²) in [4.78, 5) is 35.2. The van der Waals surface area contributed by atoms with Crippen LogP contribution in [0, 0.1) is 0 Å². The Hall–Kier alpha value is -1.84. The van der Waals surface area contributed by atoms with Crippen molar-refractivity contribution in [2.45, 2.75) is 12.5 Å². The first kappa shape index (κ1) is 20.5. The lowest BCUT2D eigenvalue weighted by Crippen LogP contribution is -2.39. The Labute approximate surface area is 160 Å². The maximum Gasteiger partial charge on any atom is 0.325 e. The summed E-state index contributed by atoms with van der Waals surface area (Å²) in [5, 5.41) is 5.30. The maximum atomic E-state index is 11.9. The van der Waals surface area contributed by atoms with E-state index in [2.05, 4.69) is 10.6 Å². The summed E-state index contributed by atoms with van der Waals surface area (Å²) in [7, 11) is -3.11. The highest BCUT2D eigenvalue weighted by molar-refractivity contribution is 7.91. The molecule has 0 bridgehead atoms. The van der Waals surface area contributed by atoms with Crippen molar-refractivity contribution in [3.05, 3.63) is 33.8 Å². The molecule has 8 nitrogen and oxygen atoms in total. The zero-order chi connectivity index (χ0) is 19.3. The van der Waals surface area contributed by atoms with Crippen LogP contribution in [0.15, 0.2) is 18.2 Å². The van der Waals surface area contributed by atoms with E-state index in [1.54, 1.807) is 0 Å². The molecule has 0 spiro atoms. The third-order valence-electron chi connectivity index (χ3n) is 3.53. The summed E-state index contributed by atoms with van der Waals surface area (Å²) in [6.45, 7) is -1.02. The highest BCUT2D eigenvalue weighted by Crippen LogP contribution is 2.20. The fourth-order valence-corrected chi connectivity index (χ4v) is 4.46. The van der Waals surface area contributed by atoms with Gasteiger partial charge in [-0.15, -0.1) is 0 Å². The van der Waals surface area contributed by atoms with E-state index in [0.29, 0.717) is 11.4 Å². The molecular formula is C15H16Cl2N2O6S. The Morgan fingerprint density at radius 3 is 2.58 bits per heavy atom. The second kappa shape index (κ2) is 8.70. The van der Waals surface area contributed by atoms with Gasteiger partial charge in [0.15, 0.2) is 16.4 Å². The SMILES string of the molecule is O=C(COC(=O)CNC(=O)c1ccc(Cl)cc1Cl)N[C@@H]1CCS(=O)(=O)C1. The highest BCUT2D eigenvalue weighted by atomic mass is 35.5. The lowest BCUT2D eigenvalue weighted by Gasteiger charge is -2.11. The van der Waals surface area contributed by atoms with Gasteiger partial charge < -0.3 is 15.4 Å². The van der Waals surface area contributed by atoms with Crippen LogP contribution in [-0.4, -0.2) is 56.9 Å². The second-order valence-corrected chi connectivity index (χ2v) is 8.71. The standard InChI is InChI=1S/C15H16Cl2N2O6S/c16-9-1-2-11(12(17)5-9)15(22)18-6-14(21)25-7-13(20)19-10-3-4-26(23,24)8-10/h1-2,5,10H,3-4,6-8H2,(H,18,22)(H,19,20)/t10-/m1/s1. The van der Waals surface area contributed by atoms with E-state index < -0.39 is 46.8 Å². The minimum Gasteiger partial charge on any atom is -0.454 e. The first-order chi connectivity index (χ1) is 12.2. The van der Waals surface area contributed by atoms with Crippen LogP contribution in [0.5, 0.6) is 0 Å². The zero-order valence-corrected chi connectivity index (χ0v) is 15.8. The molecular weight excluding hydrogens is 407 g/mol. The van der Waals surface area contributed by atoms with Crippen LogP contribution in [-0.2, 0) is 24.2 Å². The molecule has 2 amide bonds. The van der Waals surface area contributed by atoms with Gasteiger partial charge >= 0.3 is 5.97 Å². The van der Waals surface area contributed by atoms with Crippen molar-refractivity contribution in [3.8, 4) is 0 Å². The quantitative estimate of drug-likeness (QED) is 0.646. The Kier molecular flexibility index (Phi) is 6.85. The van der Waals surface area contributed by atoms with Crippen molar-refractivity contribution in [2.75, 3.05) is 24.7 Å². The third kappa shape index (κ3) is 6.15. The minimum absolute atomic E-state index is 0.0248. The number of rotatable bonds is 6. The van der Waals surface area contributed by atoms with Crippen LogP contribution >= 0.6 is 23.2 Å². The molecule has 2 N–H and O–H groups in total. The van der Waals surface area contributed by atoms with Crippen molar-refractivity contribution < 1.29 is 27.5 Å². The van der Waals surface area contributed by atoms with Gasteiger partial charge in [-0.2, -0.15) is 0 Å². The Bertz CT molecular complexity index is 827. The predicted molar refractivity (Wildman–Crippen MR) is 95.0 cm³/mol. The molecule has 1 aromatic rings. The number of halogens is 2. The molecule has 1 heterocycles. The molecule has 11 heteroatoms. The maximum absolute atomic E-state index is 11.9. The van der Waals surface area contributed by atoms with Gasteiger partial charge in [0.2, 0.25) is 0 Å². The van der Waals surface area contributed by atoms with E-state index in [4.69, 9.17) is 27.9 Å². The van der Waals surface area contributed by atoms with Crippen molar-refractivity contribution in [1.82, 2.24) is 10.6 Å². The van der Waals surface area contributed by atoms with E-state index >= 15 is 0 Å². The monoisotopic (exact) mass is 422 g/mol. The molecule has 1 saturated heterocycles. The molecule has 0 radical (unpaired) electrons. The average Bonchev–Trinajstić information content (AvgIpc) is 2.89. The van der Waals surface area contributed by atoms with E-state index in [-0.39, 0.29) is 22.1 Å². The first-order valence-corrected chi connectivity index (χ1v) is 10.1. The average molecular weight is 423 g/mol. The van der Waals surface area contributed by atoms with Gasteiger partial charge in [-0.25, -0.2) is 8.42 Å². The van der Waals surface area contributed by atoms with Crippen molar-refractivity contribution in [2.24, 2.45) is 0 Å². The molecule has 1 aromatic carbocycles. The lowest BCUT2D eigenvalue weighted by molar-refractivity contribution is -0.147. The molecule has 1 atom stereocenters. The number of amides is 2. The molecule has 0 saturated carbocycles. The Morgan fingerprint density at radius 1 is 1.23 bits per heavy atom. The first-order valence-electron chi connectivity index (χ1n) is 7.55. The van der Waals surface area contributed by atoms with Gasteiger partial charge in [0.25, 0.3) is 11.8 Å². The minimum atomic E-state index is -3.11. The van der Waals surface area contributed by atoms with E-state index in [1.807, 2.05) is 0 Å². The lowest BCUT2D eigenvalue weighted by atomic mass is 10.2. The normalized spacial score (nSPS) is 18.2. The molecule has 0 unspecified atom stereocenters. The number of hydrogen-bond acceptors (Lipinski definition) is 6. The number of ether oxygens (including phenoxy) is 1. The summed E-state index contributed by atoms with van der Waals surface area (Å²) in [6, 6.07) is 3.81. The van der Waals surface area contributed by atoms with E-state index in [1.165, 1.54) is 18.2 Å². The van der Waals surface area contributed by atoms with Crippen LogP contribution in [0.1, 0.15) is 16.8 Å². The summed E-state index contributed by atoms with van der Waals surface area (Å²) in [5.74, 6) is -2.11. The summed E-state index contributed by atoms with van der Waals surface area (Å²) >= 11 is 11.6. The van der Waals surface area contributed by atoms with Gasteiger partial charge in [-0.1, -0.05) is 23.2 Å². The van der Waals surface area contributed by atoms with E-state index in [9.17, 15) is 22.8 Å². The molecule has 1 aliphatic heterocycles. The number of carbonyl (C=O) groups is 3. The van der Waals surface area contributed by atoms with Crippen LogP contribution in [0.2, 0.25) is 10.0 Å². The van der Waals surface area contributed by atoms with Crippen LogP contribution in [0.3, 0.4) is 0 Å². The highest BCUT2D eigenvalue weighted by Gasteiger charge is 2.29. The Morgan fingerprint density at radius 2 is 1.96 bits per heavy atom. The van der Waals surface area contributed by atoms with Crippen LogP contribution in [0.25, 0.3) is 0 Å². The molecule has 2 rings (SSSR count). The van der Waals surface area contributed by atoms with Gasteiger partial charge in [0.1, 0.15) is 6.54 Å². The van der Waals surface area contributed by atoms with Crippen LogP contribution < -0.4 is 10.6 Å². The topological polar surface area (TPSA) is 119 Å². The molecule has 0 aliphatic carbocycles. The summed E-state index contributed by atoms with van der Waals surface area (Å²) in [6.07, 6.45) is 0.333. The molecule has 1 aliphatic rings. The predicted octanol–water partition coefficient (Wildman–Crippen LogP) is 0.570. The molecule has 1 fully saturated rings. The number of esters is 1. The third-order valence-corrected chi connectivity index (χ3v) is 5.85. The second-order valence-electron chi connectivity index (χ2n) is 5.64.